The van der Waals surface area contributed by atoms with E-state index < -0.39 is 8.03 Å². The molecule has 0 fully saturated rings. The molecule has 0 saturated carbocycles. The summed E-state index contributed by atoms with van der Waals surface area (Å²) in [6.07, 6.45) is 3.88. The molecule has 1 atom stereocenters. The summed E-state index contributed by atoms with van der Waals surface area (Å²) in [6, 6.07) is 9.80. The second kappa shape index (κ2) is 7.44. The molecule has 3 heteroatoms. The highest BCUT2D eigenvalue weighted by Gasteiger charge is 1.92. The third kappa shape index (κ3) is 5.56. The largest absolute Gasteiger partial charge is 0.328 e. The molecule has 0 aromatic heterocycles. The molecule has 1 unspecified atom stereocenters. The maximum absolute atomic E-state index is 11.4. The Labute approximate surface area is 91.8 Å². The van der Waals surface area contributed by atoms with Crippen molar-refractivity contribution in [2.45, 2.75) is 19.8 Å². The van der Waals surface area contributed by atoms with Gasteiger partial charge in [0.05, 0.1) is 6.61 Å². The summed E-state index contributed by atoms with van der Waals surface area (Å²) in [7, 11) is -1.99. The van der Waals surface area contributed by atoms with Gasteiger partial charge in [-0.3, -0.25) is 4.57 Å². The van der Waals surface area contributed by atoms with Crippen molar-refractivity contribution in [1.82, 2.24) is 0 Å². The number of unbranched alkanes of at least 4 members (excludes halogenated alkanes) is 1. The van der Waals surface area contributed by atoms with E-state index >= 15 is 0 Å². The highest BCUT2D eigenvalue weighted by atomic mass is 31.1. The van der Waals surface area contributed by atoms with Gasteiger partial charge in [0.25, 0.3) is 0 Å². The van der Waals surface area contributed by atoms with Gasteiger partial charge >= 0.3 is 0 Å². The van der Waals surface area contributed by atoms with E-state index in [1.165, 1.54) is 0 Å². The molecule has 0 amide bonds. The van der Waals surface area contributed by atoms with Crippen LogP contribution in [0.25, 0.3) is 6.08 Å². The SMILES string of the molecule is CCCCO[PH](=O)C=Cc1ccccc1. The minimum atomic E-state index is -1.99. The zero-order valence-corrected chi connectivity index (χ0v) is 9.98. The molecule has 0 saturated heterocycles. The molecule has 2 nitrogen and oxygen atoms in total. The van der Waals surface area contributed by atoms with Crippen LogP contribution in [-0.4, -0.2) is 6.61 Å². The predicted molar refractivity (Wildman–Crippen MR) is 65.3 cm³/mol. The lowest BCUT2D eigenvalue weighted by atomic mass is 10.2. The molecule has 0 aliphatic heterocycles. The molecule has 1 rings (SSSR count). The first-order valence-electron chi connectivity index (χ1n) is 5.23. The molecule has 1 aromatic rings. The first-order chi connectivity index (χ1) is 7.33. The van der Waals surface area contributed by atoms with Crippen molar-refractivity contribution in [3.63, 3.8) is 0 Å². The Morgan fingerprint density at radius 3 is 2.73 bits per heavy atom. The fraction of sp³-hybridized carbons (Fsp3) is 0.333. The van der Waals surface area contributed by atoms with Crippen LogP contribution in [0.2, 0.25) is 0 Å². The lowest BCUT2D eigenvalue weighted by Crippen LogP contribution is -1.82. The predicted octanol–water partition coefficient (Wildman–Crippen LogP) is 3.95. The molecule has 0 N–H and O–H groups in total. The molecular formula is C12H17O2P. The monoisotopic (exact) mass is 224 g/mol. The summed E-state index contributed by atoms with van der Waals surface area (Å²) in [4.78, 5) is 0. The Bertz CT molecular complexity index is 320. The first kappa shape index (κ1) is 12.2. The lowest BCUT2D eigenvalue weighted by molar-refractivity contribution is 0.326. The Morgan fingerprint density at radius 2 is 2.07 bits per heavy atom. The molecular weight excluding hydrogens is 207 g/mol. The van der Waals surface area contributed by atoms with Crippen LogP contribution >= 0.6 is 8.03 Å². The minimum absolute atomic E-state index is 0.591. The van der Waals surface area contributed by atoms with Crippen molar-refractivity contribution in [3.8, 4) is 0 Å². The summed E-state index contributed by atoms with van der Waals surface area (Å²) in [6.45, 7) is 2.67. The molecule has 82 valence electrons. The van der Waals surface area contributed by atoms with E-state index in [0.717, 1.165) is 18.4 Å². The Morgan fingerprint density at radius 1 is 1.33 bits per heavy atom. The van der Waals surface area contributed by atoms with Crippen molar-refractivity contribution in [3.05, 3.63) is 41.7 Å². The van der Waals surface area contributed by atoms with Gasteiger partial charge in [0, 0.05) is 0 Å². The van der Waals surface area contributed by atoms with Crippen LogP contribution in [-0.2, 0) is 9.09 Å². The fourth-order valence-corrected chi connectivity index (χ4v) is 1.86. The lowest BCUT2D eigenvalue weighted by Gasteiger charge is -1.98. The highest BCUT2D eigenvalue weighted by molar-refractivity contribution is 7.43. The van der Waals surface area contributed by atoms with Gasteiger partial charge < -0.3 is 4.52 Å². The van der Waals surface area contributed by atoms with Crippen molar-refractivity contribution in [2.24, 2.45) is 0 Å². The van der Waals surface area contributed by atoms with E-state index in [0.29, 0.717) is 6.61 Å². The normalized spacial score (nSPS) is 13.1. The first-order valence-corrected chi connectivity index (χ1v) is 6.62. The van der Waals surface area contributed by atoms with Crippen molar-refractivity contribution in [2.75, 3.05) is 6.61 Å². The van der Waals surface area contributed by atoms with E-state index in [9.17, 15) is 4.57 Å². The van der Waals surface area contributed by atoms with Gasteiger partial charge in [-0.05, 0) is 23.9 Å². The maximum Gasteiger partial charge on any atom is 0.213 e. The van der Waals surface area contributed by atoms with Gasteiger partial charge in [-0.2, -0.15) is 0 Å². The second-order valence-corrected chi connectivity index (χ2v) is 4.53. The molecule has 1 aromatic carbocycles. The van der Waals surface area contributed by atoms with Crippen LogP contribution in [0, 0.1) is 0 Å². The average molecular weight is 224 g/mol. The van der Waals surface area contributed by atoms with Gasteiger partial charge in [0.15, 0.2) is 0 Å². The van der Waals surface area contributed by atoms with E-state index in [2.05, 4.69) is 6.92 Å². The topological polar surface area (TPSA) is 26.3 Å². The highest BCUT2D eigenvalue weighted by Crippen LogP contribution is 2.25. The van der Waals surface area contributed by atoms with E-state index in [-0.39, 0.29) is 0 Å². The third-order valence-electron chi connectivity index (χ3n) is 1.95. The quantitative estimate of drug-likeness (QED) is 0.540. The van der Waals surface area contributed by atoms with Crippen LogP contribution in [0.3, 0.4) is 0 Å². The van der Waals surface area contributed by atoms with Gasteiger partial charge in [-0.25, -0.2) is 0 Å². The molecule has 0 aliphatic carbocycles. The fourth-order valence-electron chi connectivity index (χ4n) is 1.09. The van der Waals surface area contributed by atoms with Crippen molar-refractivity contribution < 1.29 is 9.09 Å². The summed E-state index contributed by atoms with van der Waals surface area (Å²) in [5.41, 5.74) is 1.05. The summed E-state index contributed by atoms with van der Waals surface area (Å²) < 4.78 is 16.5. The Kier molecular flexibility index (Phi) is 6.06. The molecule has 0 spiro atoms. The van der Waals surface area contributed by atoms with Gasteiger partial charge in [-0.15, -0.1) is 0 Å². The van der Waals surface area contributed by atoms with Crippen molar-refractivity contribution in [1.29, 1.82) is 0 Å². The van der Waals surface area contributed by atoms with Crippen molar-refractivity contribution >= 4 is 14.1 Å². The number of benzene rings is 1. The average Bonchev–Trinajstić information content (AvgIpc) is 2.28. The number of hydrogen-bond acceptors (Lipinski definition) is 2. The standard InChI is InChI=1S/C12H17O2P/c1-2-3-10-14-15(13)11-9-12-7-5-4-6-8-12/h4-9,11,15H,2-3,10H2,1H3. The molecule has 15 heavy (non-hydrogen) atoms. The Hall–Kier alpha value is -0.850. The zero-order chi connectivity index (χ0) is 10.9. The summed E-state index contributed by atoms with van der Waals surface area (Å²) in [5, 5.41) is 0. The summed E-state index contributed by atoms with van der Waals surface area (Å²) >= 11 is 0. The minimum Gasteiger partial charge on any atom is -0.328 e. The smallest absolute Gasteiger partial charge is 0.213 e. The number of hydrogen-bond donors (Lipinski definition) is 0. The third-order valence-corrected chi connectivity index (χ3v) is 2.88. The number of rotatable bonds is 6. The van der Waals surface area contributed by atoms with Gasteiger partial charge in [-0.1, -0.05) is 43.7 Å². The summed E-state index contributed by atoms with van der Waals surface area (Å²) in [5.74, 6) is 1.65. The van der Waals surface area contributed by atoms with E-state index in [1.54, 1.807) is 5.82 Å². The van der Waals surface area contributed by atoms with Crippen LogP contribution in [0.1, 0.15) is 25.3 Å². The zero-order valence-electron chi connectivity index (χ0n) is 8.98. The molecule has 0 heterocycles. The van der Waals surface area contributed by atoms with E-state index in [1.807, 2.05) is 36.4 Å². The van der Waals surface area contributed by atoms with Gasteiger partial charge in [0.1, 0.15) is 0 Å². The van der Waals surface area contributed by atoms with Crippen LogP contribution in [0.15, 0.2) is 36.1 Å². The van der Waals surface area contributed by atoms with Gasteiger partial charge in [0.2, 0.25) is 8.03 Å². The van der Waals surface area contributed by atoms with Crippen LogP contribution in [0.5, 0.6) is 0 Å². The van der Waals surface area contributed by atoms with Crippen LogP contribution in [0.4, 0.5) is 0 Å². The second-order valence-electron chi connectivity index (χ2n) is 3.27. The Balaban J connectivity index is 2.34. The van der Waals surface area contributed by atoms with E-state index in [4.69, 9.17) is 4.52 Å². The molecule has 0 aliphatic rings. The maximum atomic E-state index is 11.4. The van der Waals surface area contributed by atoms with Crippen LogP contribution < -0.4 is 0 Å². The molecule has 0 radical (unpaired) electrons. The molecule has 0 bridgehead atoms.